The van der Waals surface area contributed by atoms with Crippen LogP contribution >= 0.6 is 0 Å². The predicted molar refractivity (Wildman–Crippen MR) is 119 cm³/mol. The van der Waals surface area contributed by atoms with Crippen LogP contribution in [-0.2, 0) is 23.9 Å². The average molecular weight is 449 g/mol. The van der Waals surface area contributed by atoms with E-state index in [1.807, 2.05) is 0 Å². The Balaban J connectivity index is 1.58. The molecule has 0 heterocycles. The van der Waals surface area contributed by atoms with Gasteiger partial charge in [0, 0.05) is 12.3 Å². The number of carboxylic acid groups (broad SMARTS) is 1. The van der Waals surface area contributed by atoms with E-state index in [1.54, 1.807) is 0 Å². The molecule has 1 N–H and O–H groups in total. The lowest BCUT2D eigenvalue weighted by Gasteiger charge is -2.62. The van der Waals surface area contributed by atoms with Crippen LogP contribution in [0.3, 0.4) is 0 Å². The van der Waals surface area contributed by atoms with E-state index in [0.29, 0.717) is 48.5 Å². The first-order chi connectivity index (χ1) is 15.2. The lowest BCUT2D eigenvalue weighted by Crippen LogP contribution is -2.59. The topological polar surface area (TPSA) is 89.9 Å². The fourth-order valence-electron chi connectivity index (χ4n) is 9.10. The summed E-state index contributed by atoms with van der Waals surface area (Å²) in [7, 11) is 0. The molecule has 4 saturated carbocycles. The zero-order chi connectivity index (χ0) is 23.1. The summed E-state index contributed by atoms with van der Waals surface area (Å²) >= 11 is 0. The van der Waals surface area contributed by atoms with E-state index in [2.05, 4.69) is 20.8 Å². The summed E-state index contributed by atoms with van der Waals surface area (Å²) in [5.74, 6) is 2.04. The van der Waals surface area contributed by atoms with E-state index in [4.69, 9.17) is 14.6 Å². The number of aliphatic carboxylic acids is 1. The Morgan fingerprint density at radius 1 is 1.00 bits per heavy atom. The normalized spacial score (nSPS) is 46.2. The zero-order valence-electron chi connectivity index (χ0n) is 19.8. The molecule has 0 aromatic rings. The molecule has 6 heteroatoms. The van der Waals surface area contributed by atoms with Crippen molar-refractivity contribution in [1.29, 1.82) is 0 Å². The summed E-state index contributed by atoms with van der Waals surface area (Å²) < 4.78 is 11.1. The lowest BCUT2D eigenvalue weighted by atomic mass is 9.43. The maximum atomic E-state index is 11.5. The van der Waals surface area contributed by atoms with Gasteiger partial charge in [-0.2, -0.15) is 0 Å². The largest absolute Gasteiger partial charge is 0.481 e. The molecule has 4 fully saturated rings. The third-order valence-electron chi connectivity index (χ3n) is 10.7. The van der Waals surface area contributed by atoms with E-state index < -0.39 is 5.97 Å². The van der Waals surface area contributed by atoms with Gasteiger partial charge in [-0.25, -0.2) is 0 Å². The molecule has 4 aliphatic rings. The molecule has 0 bridgehead atoms. The quantitative estimate of drug-likeness (QED) is 0.535. The molecule has 0 radical (unpaired) electrons. The van der Waals surface area contributed by atoms with Gasteiger partial charge < -0.3 is 14.6 Å². The van der Waals surface area contributed by atoms with Gasteiger partial charge in [-0.3, -0.25) is 14.4 Å². The highest BCUT2D eigenvalue weighted by molar-refractivity contribution is 5.66. The summed E-state index contributed by atoms with van der Waals surface area (Å²) in [6.45, 7) is 8.33. The number of carboxylic acids is 1. The molecular weight excluding hydrogens is 408 g/mol. The van der Waals surface area contributed by atoms with E-state index in [0.717, 1.165) is 51.4 Å². The Morgan fingerprint density at radius 3 is 2.38 bits per heavy atom. The fraction of sp³-hybridized carbons (Fsp3) is 0.885. The average Bonchev–Trinajstić information content (AvgIpc) is 3.10. The number of carbonyl (C=O) groups excluding carboxylic acids is 2. The van der Waals surface area contributed by atoms with Crippen molar-refractivity contribution in [2.45, 2.75) is 97.2 Å². The van der Waals surface area contributed by atoms with Crippen LogP contribution in [0.4, 0.5) is 0 Å². The van der Waals surface area contributed by atoms with Gasteiger partial charge in [-0.1, -0.05) is 20.8 Å². The number of rotatable bonds is 8. The highest BCUT2D eigenvalue weighted by Gasteiger charge is 2.63. The Hall–Kier alpha value is -1.59. The molecule has 4 aliphatic carbocycles. The first-order valence-corrected chi connectivity index (χ1v) is 12.6. The standard InChI is InChI=1S/C26H40O6/c1-16(4-7-23(29)30)19-5-6-20-24-21(9-11-26(19,20)3)25(2)10-8-18(31-14-27)12-17(25)13-22(24)32-15-28/h14-22,24H,4-13H2,1-3H3,(H,29,30). The van der Waals surface area contributed by atoms with Gasteiger partial charge in [-0.15, -0.1) is 0 Å². The minimum atomic E-state index is -0.708. The Labute approximate surface area is 191 Å². The molecule has 0 amide bonds. The first-order valence-electron chi connectivity index (χ1n) is 12.6. The second-order valence-corrected chi connectivity index (χ2v) is 11.8. The molecule has 0 aromatic carbocycles. The van der Waals surface area contributed by atoms with Crippen molar-refractivity contribution >= 4 is 18.9 Å². The van der Waals surface area contributed by atoms with Crippen LogP contribution in [-0.4, -0.2) is 36.2 Å². The van der Waals surface area contributed by atoms with Crippen molar-refractivity contribution in [3.05, 3.63) is 0 Å². The molecular formula is C26H40O6. The Morgan fingerprint density at radius 2 is 1.69 bits per heavy atom. The number of ether oxygens (including phenoxy) is 2. The van der Waals surface area contributed by atoms with Crippen LogP contribution in [0, 0.1) is 46.3 Å². The van der Waals surface area contributed by atoms with Gasteiger partial charge in [0.15, 0.2) is 0 Å². The molecule has 32 heavy (non-hydrogen) atoms. The molecule has 0 aromatic heterocycles. The second-order valence-electron chi connectivity index (χ2n) is 11.8. The van der Waals surface area contributed by atoms with Crippen molar-refractivity contribution < 1.29 is 29.0 Å². The smallest absolute Gasteiger partial charge is 0.303 e. The predicted octanol–water partition coefficient (Wildman–Crippen LogP) is 4.84. The molecule has 4 rings (SSSR count). The molecule has 6 nitrogen and oxygen atoms in total. The summed E-state index contributed by atoms with van der Waals surface area (Å²) in [5.41, 5.74) is 0.384. The minimum absolute atomic E-state index is 0.0150. The van der Waals surface area contributed by atoms with Gasteiger partial charge in [0.1, 0.15) is 12.2 Å². The number of fused-ring (bicyclic) bond motifs is 5. The third-order valence-corrected chi connectivity index (χ3v) is 10.7. The highest BCUT2D eigenvalue weighted by atomic mass is 16.5. The summed E-state index contributed by atoms with van der Waals surface area (Å²) in [5, 5.41) is 9.16. The van der Waals surface area contributed by atoms with Crippen molar-refractivity contribution in [1.82, 2.24) is 0 Å². The van der Waals surface area contributed by atoms with E-state index in [-0.39, 0.29) is 29.5 Å². The SMILES string of the molecule is CC(CCC(=O)O)C1CCC2C3C(OC=O)CC4CC(OC=O)CCC4(C)C3CCC12C. The molecule has 0 saturated heterocycles. The van der Waals surface area contributed by atoms with Crippen molar-refractivity contribution in [2.75, 3.05) is 0 Å². The van der Waals surface area contributed by atoms with Gasteiger partial charge in [0.25, 0.3) is 12.9 Å². The number of carbonyl (C=O) groups is 3. The van der Waals surface area contributed by atoms with E-state index >= 15 is 0 Å². The van der Waals surface area contributed by atoms with Gasteiger partial charge in [0.05, 0.1) is 0 Å². The van der Waals surface area contributed by atoms with E-state index in [1.165, 1.54) is 6.42 Å². The Kier molecular flexibility index (Phi) is 6.61. The zero-order valence-corrected chi connectivity index (χ0v) is 19.8. The van der Waals surface area contributed by atoms with Crippen molar-refractivity contribution in [2.24, 2.45) is 46.3 Å². The molecule has 180 valence electrons. The number of hydrogen-bond acceptors (Lipinski definition) is 5. The van der Waals surface area contributed by atoms with Crippen molar-refractivity contribution in [3.8, 4) is 0 Å². The second kappa shape index (κ2) is 8.98. The number of hydrogen-bond donors (Lipinski definition) is 1. The van der Waals surface area contributed by atoms with Crippen LogP contribution in [0.2, 0.25) is 0 Å². The van der Waals surface area contributed by atoms with Crippen LogP contribution < -0.4 is 0 Å². The van der Waals surface area contributed by atoms with Crippen molar-refractivity contribution in [3.63, 3.8) is 0 Å². The first kappa shape index (κ1) is 23.6. The van der Waals surface area contributed by atoms with Gasteiger partial charge in [-0.05, 0) is 98.2 Å². The maximum absolute atomic E-state index is 11.5. The highest BCUT2D eigenvalue weighted by Crippen LogP contribution is 2.68. The van der Waals surface area contributed by atoms with Crippen LogP contribution in [0.5, 0.6) is 0 Å². The van der Waals surface area contributed by atoms with Gasteiger partial charge >= 0.3 is 5.97 Å². The fourth-order valence-corrected chi connectivity index (χ4v) is 9.10. The molecule has 10 unspecified atom stereocenters. The summed E-state index contributed by atoms with van der Waals surface area (Å²) in [6.07, 6.45) is 9.23. The van der Waals surface area contributed by atoms with Crippen LogP contribution in [0.1, 0.15) is 85.0 Å². The van der Waals surface area contributed by atoms with Crippen LogP contribution in [0.25, 0.3) is 0 Å². The van der Waals surface area contributed by atoms with Gasteiger partial charge in [0.2, 0.25) is 0 Å². The molecule has 10 atom stereocenters. The monoisotopic (exact) mass is 448 g/mol. The summed E-state index contributed by atoms with van der Waals surface area (Å²) in [4.78, 5) is 33.6. The molecule has 0 aliphatic heterocycles. The Bertz CT molecular complexity index is 723. The molecule has 0 spiro atoms. The van der Waals surface area contributed by atoms with E-state index in [9.17, 15) is 14.4 Å². The third kappa shape index (κ3) is 3.86. The maximum Gasteiger partial charge on any atom is 0.303 e. The lowest BCUT2D eigenvalue weighted by molar-refractivity contribution is -0.190. The van der Waals surface area contributed by atoms with Crippen LogP contribution in [0.15, 0.2) is 0 Å². The minimum Gasteiger partial charge on any atom is -0.481 e. The summed E-state index contributed by atoms with van der Waals surface area (Å²) in [6, 6.07) is 0.